The second kappa shape index (κ2) is 6.99. The monoisotopic (exact) mass is 291 g/mol. The van der Waals surface area contributed by atoms with Gasteiger partial charge in [-0.25, -0.2) is 4.72 Å². The van der Waals surface area contributed by atoms with Crippen molar-refractivity contribution in [2.75, 3.05) is 33.4 Å². The molecule has 6 nitrogen and oxygen atoms in total. The zero-order valence-electron chi connectivity index (χ0n) is 11.6. The number of nitrogens with zero attached hydrogens (tertiary/aromatic N) is 1. The number of rotatable bonds is 5. The van der Waals surface area contributed by atoms with Crippen molar-refractivity contribution in [1.82, 2.24) is 14.3 Å². The summed E-state index contributed by atoms with van der Waals surface area (Å²) in [4.78, 5) is 0. The van der Waals surface area contributed by atoms with Gasteiger partial charge in [0, 0.05) is 32.2 Å². The highest BCUT2D eigenvalue weighted by Gasteiger charge is 2.28. The Morgan fingerprint density at radius 2 is 2.05 bits per heavy atom. The van der Waals surface area contributed by atoms with Crippen LogP contribution in [0.15, 0.2) is 0 Å². The van der Waals surface area contributed by atoms with Crippen molar-refractivity contribution < 1.29 is 13.2 Å². The molecule has 2 fully saturated rings. The van der Waals surface area contributed by atoms with Crippen LogP contribution in [0.4, 0.5) is 0 Å². The minimum atomic E-state index is -3.37. The summed E-state index contributed by atoms with van der Waals surface area (Å²) in [5.74, 6) is 0. The van der Waals surface area contributed by atoms with E-state index in [2.05, 4.69) is 10.0 Å². The second-order valence-electron chi connectivity index (χ2n) is 5.39. The summed E-state index contributed by atoms with van der Waals surface area (Å²) in [6.07, 6.45) is 5.43. The Kier molecular flexibility index (Phi) is 5.58. The van der Waals surface area contributed by atoms with Crippen LogP contribution in [-0.4, -0.2) is 58.2 Å². The van der Waals surface area contributed by atoms with Gasteiger partial charge >= 0.3 is 0 Å². The lowest BCUT2D eigenvalue weighted by molar-refractivity contribution is 0.0782. The van der Waals surface area contributed by atoms with E-state index in [0.717, 1.165) is 32.2 Å². The molecule has 0 amide bonds. The third-order valence-electron chi connectivity index (χ3n) is 3.98. The molecule has 2 rings (SSSR count). The maximum absolute atomic E-state index is 12.2. The van der Waals surface area contributed by atoms with E-state index in [4.69, 9.17) is 4.74 Å². The first-order valence-electron chi connectivity index (χ1n) is 7.13. The summed E-state index contributed by atoms with van der Waals surface area (Å²) in [5, 5.41) is 3.24. The second-order valence-corrected chi connectivity index (χ2v) is 7.20. The number of hydrogen-bond acceptors (Lipinski definition) is 4. The summed E-state index contributed by atoms with van der Waals surface area (Å²) >= 11 is 0. The molecule has 1 aliphatic heterocycles. The third-order valence-corrected chi connectivity index (χ3v) is 5.57. The molecule has 1 unspecified atom stereocenters. The molecule has 112 valence electrons. The smallest absolute Gasteiger partial charge is 0.279 e. The molecule has 1 atom stereocenters. The Labute approximate surface area is 116 Å². The molecule has 1 heterocycles. The number of hydrogen-bond donors (Lipinski definition) is 2. The van der Waals surface area contributed by atoms with Gasteiger partial charge in [-0.3, -0.25) is 0 Å². The van der Waals surface area contributed by atoms with Crippen molar-refractivity contribution in [2.45, 2.75) is 44.2 Å². The van der Waals surface area contributed by atoms with E-state index in [1.165, 1.54) is 10.7 Å². The molecule has 0 aromatic heterocycles. The zero-order valence-corrected chi connectivity index (χ0v) is 12.4. The molecule has 0 radical (unpaired) electrons. The van der Waals surface area contributed by atoms with Gasteiger partial charge in [0.2, 0.25) is 0 Å². The molecule has 1 saturated heterocycles. The zero-order chi connectivity index (χ0) is 13.7. The number of ether oxygens (including phenoxy) is 1. The normalized spacial score (nSPS) is 26.7. The quantitative estimate of drug-likeness (QED) is 0.752. The van der Waals surface area contributed by atoms with Crippen LogP contribution in [0.5, 0.6) is 0 Å². The van der Waals surface area contributed by atoms with Crippen LogP contribution < -0.4 is 10.0 Å². The van der Waals surface area contributed by atoms with Crippen LogP contribution in [0.2, 0.25) is 0 Å². The molecular weight excluding hydrogens is 266 g/mol. The van der Waals surface area contributed by atoms with Crippen molar-refractivity contribution in [3.63, 3.8) is 0 Å². The van der Waals surface area contributed by atoms with Crippen LogP contribution in [0.1, 0.15) is 32.1 Å². The predicted molar refractivity (Wildman–Crippen MR) is 74.2 cm³/mol. The Bertz CT molecular complexity index is 362. The third kappa shape index (κ3) is 4.39. The maximum atomic E-state index is 12.2. The highest BCUT2D eigenvalue weighted by molar-refractivity contribution is 7.87. The van der Waals surface area contributed by atoms with E-state index in [1.54, 1.807) is 7.05 Å². The molecule has 2 N–H and O–H groups in total. The first-order valence-corrected chi connectivity index (χ1v) is 8.57. The number of morpholine rings is 1. The van der Waals surface area contributed by atoms with E-state index >= 15 is 0 Å². The van der Waals surface area contributed by atoms with Crippen LogP contribution in [0.25, 0.3) is 0 Å². The average Bonchev–Trinajstić information content (AvgIpc) is 2.46. The topological polar surface area (TPSA) is 70.7 Å². The van der Waals surface area contributed by atoms with Gasteiger partial charge in [0.05, 0.1) is 13.2 Å². The first kappa shape index (κ1) is 15.2. The molecule has 0 spiro atoms. The number of nitrogens with one attached hydrogen (secondary N) is 2. The van der Waals surface area contributed by atoms with Gasteiger partial charge < -0.3 is 10.1 Å². The summed E-state index contributed by atoms with van der Waals surface area (Å²) < 4.78 is 33.9. The van der Waals surface area contributed by atoms with E-state index < -0.39 is 10.2 Å². The van der Waals surface area contributed by atoms with Crippen molar-refractivity contribution >= 4 is 10.2 Å². The fourth-order valence-corrected chi connectivity index (χ4v) is 3.92. The van der Waals surface area contributed by atoms with Crippen molar-refractivity contribution in [1.29, 1.82) is 0 Å². The molecule has 1 saturated carbocycles. The van der Waals surface area contributed by atoms with Crippen molar-refractivity contribution in [3.8, 4) is 0 Å². The Hall–Kier alpha value is -0.210. The highest BCUT2D eigenvalue weighted by Crippen LogP contribution is 2.22. The van der Waals surface area contributed by atoms with E-state index in [0.29, 0.717) is 19.8 Å². The Morgan fingerprint density at radius 3 is 2.68 bits per heavy atom. The van der Waals surface area contributed by atoms with Gasteiger partial charge in [-0.2, -0.15) is 12.7 Å². The van der Waals surface area contributed by atoms with Gasteiger partial charge in [-0.05, 0) is 12.8 Å². The van der Waals surface area contributed by atoms with Crippen LogP contribution in [-0.2, 0) is 14.9 Å². The first-order chi connectivity index (χ1) is 9.09. The fraction of sp³-hybridized carbons (Fsp3) is 1.00. The summed E-state index contributed by atoms with van der Waals surface area (Å²) in [6, 6.07) is 0.227. The summed E-state index contributed by atoms with van der Waals surface area (Å²) in [7, 11) is -1.69. The molecule has 0 aromatic carbocycles. The van der Waals surface area contributed by atoms with Gasteiger partial charge in [-0.1, -0.05) is 19.3 Å². The van der Waals surface area contributed by atoms with Crippen LogP contribution in [0.3, 0.4) is 0 Å². The Balaban J connectivity index is 1.82. The lowest BCUT2D eigenvalue weighted by Crippen LogP contribution is -2.52. The van der Waals surface area contributed by atoms with E-state index in [1.807, 2.05) is 0 Å². The minimum absolute atomic E-state index is 0.0725. The largest absolute Gasteiger partial charge is 0.378 e. The van der Waals surface area contributed by atoms with Gasteiger partial charge in [0.25, 0.3) is 10.2 Å². The van der Waals surface area contributed by atoms with Gasteiger partial charge in [-0.15, -0.1) is 0 Å². The SMILES string of the molecule is CN(C1CCCCC1)S(=O)(=O)NCC1COCCN1. The fourth-order valence-electron chi connectivity index (χ4n) is 2.70. The predicted octanol–water partition coefficient (Wildman–Crippen LogP) is 0.0737. The summed E-state index contributed by atoms with van der Waals surface area (Å²) in [6.45, 7) is 2.44. The molecule has 2 aliphatic rings. The van der Waals surface area contributed by atoms with Crippen molar-refractivity contribution in [2.24, 2.45) is 0 Å². The van der Waals surface area contributed by atoms with Gasteiger partial charge in [0.1, 0.15) is 0 Å². The Morgan fingerprint density at radius 1 is 1.32 bits per heavy atom. The van der Waals surface area contributed by atoms with E-state index in [-0.39, 0.29) is 12.1 Å². The molecule has 19 heavy (non-hydrogen) atoms. The van der Waals surface area contributed by atoms with Crippen LogP contribution in [0, 0.1) is 0 Å². The molecule has 0 bridgehead atoms. The molecular formula is C12H25N3O3S. The minimum Gasteiger partial charge on any atom is -0.378 e. The standard InChI is InChI=1S/C12H25N3O3S/c1-15(12-5-3-2-4-6-12)19(16,17)14-9-11-10-18-8-7-13-11/h11-14H,2-10H2,1H3. The van der Waals surface area contributed by atoms with Gasteiger partial charge in [0.15, 0.2) is 0 Å². The highest BCUT2D eigenvalue weighted by atomic mass is 32.2. The molecule has 0 aromatic rings. The van der Waals surface area contributed by atoms with Crippen LogP contribution >= 0.6 is 0 Å². The lowest BCUT2D eigenvalue weighted by atomic mass is 9.96. The lowest BCUT2D eigenvalue weighted by Gasteiger charge is -2.31. The summed E-state index contributed by atoms with van der Waals surface area (Å²) in [5.41, 5.74) is 0. The van der Waals surface area contributed by atoms with Crippen molar-refractivity contribution in [3.05, 3.63) is 0 Å². The molecule has 1 aliphatic carbocycles. The maximum Gasteiger partial charge on any atom is 0.279 e. The molecule has 7 heteroatoms. The van der Waals surface area contributed by atoms with E-state index in [9.17, 15) is 8.42 Å². The average molecular weight is 291 g/mol.